The fourth-order valence-electron chi connectivity index (χ4n) is 2.25. The molecule has 0 spiro atoms. The van der Waals surface area contributed by atoms with Crippen LogP contribution in [0.4, 0.5) is 22.0 Å². The Balaban J connectivity index is 1.61. The van der Waals surface area contributed by atoms with E-state index >= 15 is 0 Å². The van der Waals surface area contributed by atoms with Crippen molar-refractivity contribution in [3.05, 3.63) is 76.1 Å². The van der Waals surface area contributed by atoms with Crippen LogP contribution in [0.25, 0.3) is 0 Å². The van der Waals surface area contributed by atoms with E-state index in [-0.39, 0.29) is 24.5 Å². The normalized spacial score (nSPS) is 11.3. The van der Waals surface area contributed by atoms with Gasteiger partial charge in [-0.1, -0.05) is 6.07 Å². The van der Waals surface area contributed by atoms with Gasteiger partial charge in [0.15, 0.2) is 11.6 Å². The van der Waals surface area contributed by atoms with Gasteiger partial charge in [0, 0.05) is 12.6 Å². The van der Waals surface area contributed by atoms with Crippen LogP contribution in [0.2, 0.25) is 0 Å². The maximum absolute atomic E-state index is 14.2. The fourth-order valence-corrected chi connectivity index (χ4v) is 2.25. The van der Waals surface area contributed by atoms with Gasteiger partial charge in [-0.25, -0.2) is 14.2 Å². The van der Waals surface area contributed by atoms with Crippen molar-refractivity contribution in [2.75, 3.05) is 6.61 Å². The number of rotatable bonds is 6. The summed E-state index contributed by atoms with van der Waals surface area (Å²) in [6, 6.07) is 5.67. The monoisotopic (exact) mass is 413 g/mol. The van der Waals surface area contributed by atoms with Crippen molar-refractivity contribution < 1.29 is 31.4 Å². The van der Waals surface area contributed by atoms with Crippen molar-refractivity contribution in [3.63, 3.8) is 0 Å². The Labute approximate surface area is 160 Å². The SMILES string of the molecule is O=c1nc(OCCc2ccc(Oc3ccc(C(F)(F)F)nc3)c(F)c2)c(F)c[nH]1. The molecule has 0 bridgehead atoms. The number of aromatic nitrogens is 3. The first-order chi connectivity index (χ1) is 13.7. The second-order valence-electron chi connectivity index (χ2n) is 5.70. The quantitative estimate of drug-likeness (QED) is 0.621. The lowest BCUT2D eigenvalue weighted by Crippen LogP contribution is -2.14. The van der Waals surface area contributed by atoms with Crippen LogP contribution in [-0.4, -0.2) is 21.6 Å². The zero-order valence-corrected chi connectivity index (χ0v) is 14.5. The van der Waals surface area contributed by atoms with Crippen molar-refractivity contribution in [1.29, 1.82) is 0 Å². The summed E-state index contributed by atoms with van der Waals surface area (Å²) in [5, 5.41) is 0. The lowest BCUT2D eigenvalue weighted by atomic mass is 10.1. The van der Waals surface area contributed by atoms with Crippen LogP contribution in [-0.2, 0) is 12.6 Å². The summed E-state index contributed by atoms with van der Waals surface area (Å²) in [6.07, 6.45) is -2.76. The summed E-state index contributed by atoms with van der Waals surface area (Å²) in [4.78, 5) is 19.6. The highest BCUT2D eigenvalue weighted by Gasteiger charge is 2.32. The van der Waals surface area contributed by atoms with E-state index in [9.17, 15) is 26.7 Å². The second kappa shape index (κ2) is 8.25. The van der Waals surface area contributed by atoms with E-state index in [1.807, 2.05) is 4.98 Å². The summed E-state index contributed by atoms with van der Waals surface area (Å²) >= 11 is 0. The van der Waals surface area contributed by atoms with E-state index in [4.69, 9.17) is 9.47 Å². The van der Waals surface area contributed by atoms with Gasteiger partial charge in [-0.3, -0.25) is 0 Å². The Morgan fingerprint density at radius 3 is 2.52 bits per heavy atom. The number of aromatic amines is 1. The molecule has 3 aromatic rings. The summed E-state index contributed by atoms with van der Waals surface area (Å²) in [5.74, 6) is -2.35. The van der Waals surface area contributed by atoms with Gasteiger partial charge >= 0.3 is 11.9 Å². The first-order valence-corrected chi connectivity index (χ1v) is 8.10. The Kier molecular flexibility index (Phi) is 5.76. The number of halogens is 5. The van der Waals surface area contributed by atoms with E-state index < -0.39 is 35.1 Å². The molecule has 0 saturated carbocycles. The van der Waals surface area contributed by atoms with Crippen LogP contribution in [0, 0.1) is 11.6 Å². The largest absolute Gasteiger partial charge is 0.475 e. The highest BCUT2D eigenvalue weighted by Crippen LogP contribution is 2.30. The van der Waals surface area contributed by atoms with Crippen molar-refractivity contribution in [1.82, 2.24) is 15.0 Å². The standard InChI is InChI=1S/C18H12F5N3O3/c19-12-7-10(5-6-28-16-13(20)9-25-17(27)26-16)1-3-14(12)29-11-2-4-15(24-8-11)18(21,22)23/h1-4,7-9H,5-6H2,(H,25,26,27). The second-order valence-corrected chi connectivity index (χ2v) is 5.70. The number of nitrogens with one attached hydrogen (secondary N) is 1. The van der Waals surface area contributed by atoms with Gasteiger partial charge in [0.2, 0.25) is 5.82 Å². The molecule has 11 heteroatoms. The summed E-state index contributed by atoms with van der Waals surface area (Å²) in [6.45, 7) is -0.0736. The molecule has 152 valence electrons. The molecule has 0 aliphatic heterocycles. The zero-order chi connectivity index (χ0) is 21.0. The van der Waals surface area contributed by atoms with Crippen molar-refractivity contribution in [2.45, 2.75) is 12.6 Å². The molecule has 0 radical (unpaired) electrons. The molecule has 0 fully saturated rings. The molecule has 0 saturated heterocycles. The van der Waals surface area contributed by atoms with E-state index in [0.29, 0.717) is 5.56 Å². The van der Waals surface area contributed by atoms with Gasteiger partial charge in [-0.15, -0.1) is 0 Å². The third-order valence-electron chi connectivity index (χ3n) is 3.61. The third-order valence-corrected chi connectivity index (χ3v) is 3.61. The number of hydrogen-bond acceptors (Lipinski definition) is 5. The Hall–Kier alpha value is -3.50. The Bertz CT molecular complexity index is 1050. The summed E-state index contributed by atoms with van der Waals surface area (Å²) in [7, 11) is 0. The van der Waals surface area contributed by atoms with E-state index in [1.54, 1.807) is 0 Å². The predicted octanol–water partition coefficient (Wildman–Crippen LogP) is 3.88. The molecule has 2 aromatic heterocycles. The minimum absolute atomic E-state index is 0.0659. The molecule has 29 heavy (non-hydrogen) atoms. The average Bonchev–Trinajstić information content (AvgIpc) is 2.66. The smallest absolute Gasteiger partial charge is 0.433 e. The number of alkyl halides is 3. The van der Waals surface area contributed by atoms with Gasteiger partial charge in [0.05, 0.1) is 12.8 Å². The van der Waals surface area contributed by atoms with Crippen LogP contribution < -0.4 is 15.2 Å². The van der Waals surface area contributed by atoms with Crippen molar-refractivity contribution in [2.24, 2.45) is 0 Å². The van der Waals surface area contributed by atoms with Gasteiger partial charge in [-0.2, -0.15) is 22.5 Å². The highest BCUT2D eigenvalue weighted by atomic mass is 19.4. The number of nitrogens with zero attached hydrogens (tertiary/aromatic N) is 2. The topological polar surface area (TPSA) is 77.1 Å². The van der Waals surface area contributed by atoms with E-state index in [0.717, 1.165) is 30.6 Å². The number of pyridine rings is 1. The number of hydrogen-bond donors (Lipinski definition) is 1. The molecule has 0 aliphatic carbocycles. The summed E-state index contributed by atoms with van der Waals surface area (Å²) in [5.41, 5.74) is -1.38. The number of H-pyrrole nitrogens is 1. The first-order valence-electron chi connectivity index (χ1n) is 8.10. The maximum atomic E-state index is 14.2. The van der Waals surface area contributed by atoms with E-state index in [2.05, 4.69) is 9.97 Å². The molecule has 3 rings (SSSR count). The van der Waals surface area contributed by atoms with Crippen LogP contribution in [0.1, 0.15) is 11.3 Å². The molecule has 1 N–H and O–H groups in total. The van der Waals surface area contributed by atoms with Gasteiger partial charge in [-0.05, 0) is 29.8 Å². The number of benzene rings is 1. The molecule has 6 nitrogen and oxygen atoms in total. The molecular weight excluding hydrogens is 401 g/mol. The minimum atomic E-state index is -4.58. The molecule has 0 aliphatic rings. The maximum Gasteiger partial charge on any atom is 0.433 e. The van der Waals surface area contributed by atoms with Crippen molar-refractivity contribution in [3.8, 4) is 17.4 Å². The zero-order valence-electron chi connectivity index (χ0n) is 14.5. The lowest BCUT2D eigenvalue weighted by molar-refractivity contribution is -0.141. The third kappa shape index (κ3) is 5.27. The summed E-state index contributed by atoms with van der Waals surface area (Å²) < 4.78 is 75.3. The van der Waals surface area contributed by atoms with Crippen molar-refractivity contribution >= 4 is 0 Å². The number of ether oxygens (including phenoxy) is 2. The van der Waals surface area contributed by atoms with Crippen LogP contribution in [0.5, 0.6) is 17.4 Å². The van der Waals surface area contributed by atoms with Crippen LogP contribution >= 0.6 is 0 Å². The van der Waals surface area contributed by atoms with Crippen LogP contribution in [0.15, 0.2) is 47.5 Å². The van der Waals surface area contributed by atoms with Gasteiger partial charge in [0.25, 0.3) is 5.88 Å². The molecule has 0 atom stereocenters. The van der Waals surface area contributed by atoms with Crippen LogP contribution in [0.3, 0.4) is 0 Å². The molecule has 0 unspecified atom stereocenters. The van der Waals surface area contributed by atoms with E-state index in [1.165, 1.54) is 12.1 Å². The highest BCUT2D eigenvalue weighted by molar-refractivity contribution is 5.34. The Morgan fingerprint density at radius 1 is 1.07 bits per heavy atom. The minimum Gasteiger partial charge on any atom is -0.475 e. The molecule has 2 heterocycles. The molecular formula is C18H12F5N3O3. The Morgan fingerprint density at radius 2 is 1.86 bits per heavy atom. The fraction of sp³-hybridized carbons (Fsp3) is 0.167. The lowest BCUT2D eigenvalue weighted by Gasteiger charge is -2.10. The first kappa shape index (κ1) is 20.2. The average molecular weight is 413 g/mol. The molecule has 1 aromatic carbocycles. The van der Waals surface area contributed by atoms with Gasteiger partial charge < -0.3 is 14.5 Å². The molecule has 0 amide bonds. The predicted molar refractivity (Wildman–Crippen MR) is 89.7 cm³/mol. The van der Waals surface area contributed by atoms with Gasteiger partial charge in [0.1, 0.15) is 11.4 Å².